The molecule has 0 fully saturated rings. The summed E-state index contributed by atoms with van der Waals surface area (Å²) in [6.07, 6.45) is 1.15. The van der Waals surface area contributed by atoms with Crippen molar-refractivity contribution >= 4 is 21.8 Å². The highest BCUT2D eigenvalue weighted by molar-refractivity contribution is 6.13. The average Bonchev–Trinajstić information content (AvgIpc) is 3.60. The number of aromatic hydroxyl groups is 2. The number of hydrogen-bond acceptors (Lipinski definition) is 5. The molecule has 0 amide bonds. The molecule has 2 N–H and O–H groups in total. The van der Waals surface area contributed by atoms with Gasteiger partial charge < -0.3 is 24.3 Å². The molecule has 7 rings (SSSR count). The van der Waals surface area contributed by atoms with Crippen molar-refractivity contribution in [2.24, 2.45) is 0 Å². The summed E-state index contributed by atoms with van der Waals surface area (Å²) < 4.78 is 29.9. The summed E-state index contributed by atoms with van der Waals surface area (Å²) in [5, 5.41) is 24.1. The van der Waals surface area contributed by atoms with E-state index in [-0.39, 0.29) is 34.9 Å². The van der Waals surface area contributed by atoms with Gasteiger partial charge in [-0.3, -0.25) is 4.57 Å². The molecule has 5 aromatic carbocycles. The molecule has 45 heavy (non-hydrogen) atoms. The zero-order chi connectivity index (χ0) is 30.9. The molecular formula is C37H30FN3O4. The number of rotatable bonds is 9. The Labute approximate surface area is 259 Å². The lowest BCUT2D eigenvalue weighted by Crippen LogP contribution is -2.10. The van der Waals surface area contributed by atoms with Gasteiger partial charge in [0.2, 0.25) is 11.8 Å². The maximum absolute atomic E-state index is 13.7. The number of imidazole rings is 1. The molecule has 8 heteroatoms. The van der Waals surface area contributed by atoms with E-state index in [0.29, 0.717) is 34.6 Å². The van der Waals surface area contributed by atoms with Gasteiger partial charge in [0.05, 0.1) is 30.8 Å². The number of ether oxygens (including phenoxy) is 2. The Balaban J connectivity index is 1.50. The predicted molar refractivity (Wildman–Crippen MR) is 172 cm³/mol. The normalized spacial score (nSPS) is 11.4. The molecule has 0 saturated carbocycles. The quantitative estimate of drug-likeness (QED) is 0.177. The molecule has 0 atom stereocenters. The molecule has 2 heterocycles. The molecule has 0 bridgehead atoms. The van der Waals surface area contributed by atoms with Crippen LogP contribution < -0.4 is 9.47 Å². The first-order chi connectivity index (χ1) is 22.0. The van der Waals surface area contributed by atoms with E-state index in [2.05, 4.69) is 0 Å². The second-order valence-electron chi connectivity index (χ2n) is 10.8. The topological polar surface area (TPSA) is 81.7 Å². The van der Waals surface area contributed by atoms with E-state index < -0.39 is 6.10 Å². The van der Waals surface area contributed by atoms with Crippen molar-refractivity contribution in [3.8, 4) is 23.3 Å². The van der Waals surface area contributed by atoms with Crippen molar-refractivity contribution in [3.63, 3.8) is 0 Å². The summed E-state index contributed by atoms with van der Waals surface area (Å²) in [5.74, 6) is -0.153. The summed E-state index contributed by atoms with van der Waals surface area (Å²) in [5.41, 5.74) is 4.62. The van der Waals surface area contributed by atoms with Gasteiger partial charge in [0, 0.05) is 6.54 Å². The molecule has 0 aliphatic heterocycles. The number of aromatic nitrogens is 3. The van der Waals surface area contributed by atoms with Gasteiger partial charge in [0.25, 0.3) is 0 Å². The van der Waals surface area contributed by atoms with Crippen LogP contribution in [0.3, 0.4) is 0 Å². The standard InChI is InChI=1S/C37H30FN3O4/c1-44-35-30-29(36(42)41(37(30)43)22-25-17-19-28(38)20-18-25)34(31-32(35)40(23-39-31)21-24-11-5-2-6-12-24)45-33(26-13-7-3-8-14-26)27-15-9-4-10-16-27/h2-20,23,33,42-43H,21-22H2,1H3. The van der Waals surface area contributed by atoms with E-state index in [4.69, 9.17) is 14.5 Å². The zero-order valence-corrected chi connectivity index (χ0v) is 24.5. The molecule has 0 saturated heterocycles. The number of hydrogen-bond donors (Lipinski definition) is 2. The maximum atomic E-state index is 13.7. The van der Waals surface area contributed by atoms with Crippen LogP contribution in [0.25, 0.3) is 21.8 Å². The van der Waals surface area contributed by atoms with E-state index in [1.165, 1.54) is 23.8 Å². The van der Waals surface area contributed by atoms with Gasteiger partial charge in [0.1, 0.15) is 23.0 Å². The third-order valence-electron chi connectivity index (χ3n) is 8.02. The van der Waals surface area contributed by atoms with E-state index in [1.807, 2.05) is 95.6 Å². The summed E-state index contributed by atoms with van der Waals surface area (Å²) in [6, 6.07) is 35.5. The van der Waals surface area contributed by atoms with Crippen LogP contribution in [0.1, 0.15) is 28.4 Å². The van der Waals surface area contributed by atoms with Crippen LogP contribution in [-0.4, -0.2) is 31.4 Å². The summed E-state index contributed by atoms with van der Waals surface area (Å²) in [7, 11) is 1.53. The molecule has 0 radical (unpaired) electrons. The smallest absolute Gasteiger partial charge is 0.206 e. The van der Waals surface area contributed by atoms with Crippen molar-refractivity contribution in [1.82, 2.24) is 14.1 Å². The highest BCUT2D eigenvalue weighted by Gasteiger charge is 2.31. The van der Waals surface area contributed by atoms with Gasteiger partial charge in [-0.05, 0) is 34.4 Å². The van der Waals surface area contributed by atoms with Crippen molar-refractivity contribution in [3.05, 3.63) is 150 Å². The van der Waals surface area contributed by atoms with Crippen LogP contribution in [0, 0.1) is 5.82 Å². The minimum Gasteiger partial charge on any atom is -0.494 e. The molecule has 7 aromatic rings. The van der Waals surface area contributed by atoms with E-state index in [0.717, 1.165) is 16.7 Å². The lowest BCUT2D eigenvalue weighted by Gasteiger charge is -2.22. The van der Waals surface area contributed by atoms with Crippen molar-refractivity contribution in [1.29, 1.82) is 0 Å². The van der Waals surface area contributed by atoms with Crippen LogP contribution in [0.15, 0.2) is 122 Å². The molecule has 0 spiro atoms. The Morgan fingerprint density at radius 2 is 1.22 bits per heavy atom. The minimum absolute atomic E-state index is 0.0810. The largest absolute Gasteiger partial charge is 0.494 e. The average molecular weight is 600 g/mol. The number of halogens is 1. The number of benzene rings is 5. The van der Waals surface area contributed by atoms with E-state index in [1.54, 1.807) is 18.5 Å². The Morgan fingerprint density at radius 1 is 0.689 bits per heavy atom. The van der Waals surface area contributed by atoms with Gasteiger partial charge >= 0.3 is 0 Å². The van der Waals surface area contributed by atoms with E-state index in [9.17, 15) is 14.6 Å². The van der Waals surface area contributed by atoms with Gasteiger partial charge in [-0.1, -0.05) is 103 Å². The molecule has 2 aromatic heterocycles. The first kappa shape index (κ1) is 28.0. The predicted octanol–water partition coefficient (Wildman–Crippen LogP) is 7.81. The molecule has 7 nitrogen and oxygen atoms in total. The fourth-order valence-corrected chi connectivity index (χ4v) is 5.88. The first-order valence-electron chi connectivity index (χ1n) is 14.6. The van der Waals surface area contributed by atoms with Crippen molar-refractivity contribution < 1.29 is 24.1 Å². The molecule has 0 aliphatic carbocycles. The number of fused-ring (bicyclic) bond motifs is 2. The van der Waals surface area contributed by atoms with Crippen molar-refractivity contribution in [2.75, 3.05) is 7.11 Å². The molecule has 224 valence electrons. The molecule has 0 aliphatic rings. The third-order valence-corrected chi connectivity index (χ3v) is 8.02. The van der Waals surface area contributed by atoms with Gasteiger partial charge in [0.15, 0.2) is 11.5 Å². The third kappa shape index (κ3) is 5.10. The maximum Gasteiger partial charge on any atom is 0.206 e. The van der Waals surface area contributed by atoms with Crippen LogP contribution >= 0.6 is 0 Å². The minimum atomic E-state index is -0.562. The SMILES string of the molecule is COc1c2c(O)n(Cc3ccc(F)cc3)c(O)c2c(OC(c2ccccc2)c2ccccc2)c2ncn(Cc3ccccc3)c12. The Hall–Kier alpha value is -5.76. The van der Waals surface area contributed by atoms with E-state index >= 15 is 0 Å². The fourth-order valence-electron chi connectivity index (χ4n) is 5.88. The fraction of sp³-hybridized carbons (Fsp3) is 0.108. The summed E-state index contributed by atoms with van der Waals surface area (Å²) >= 11 is 0. The summed E-state index contributed by atoms with van der Waals surface area (Å²) in [4.78, 5) is 4.80. The van der Waals surface area contributed by atoms with Crippen LogP contribution in [0.4, 0.5) is 4.39 Å². The Kier molecular flexibility index (Phi) is 7.31. The lowest BCUT2D eigenvalue weighted by molar-refractivity contribution is 0.252. The monoisotopic (exact) mass is 599 g/mol. The molecular weight excluding hydrogens is 569 g/mol. The number of methoxy groups -OCH3 is 1. The van der Waals surface area contributed by atoms with Gasteiger partial charge in [-0.15, -0.1) is 0 Å². The molecule has 0 unspecified atom stereocenters. The number of nitrogens with zero attached hydrogens (tertiary/aromatic N) is 3. The Bertz CT molecular complexity index is 2050. The van der Waals surface area contributed by atoms with Gasteiger partial charge in [-0.25, -0.2) is 9.37 Å². The van der Waals surface area contributed by atoms with Crippen molar-refractivity contribution in [2.45, 2.75) is 19.2 Å². The highest BCUT2D eigenvalue weighted by Crippen LogP contribution is 2.52. The zero-order valence-electron chi connectivity index (χ0n) is 24.5. The first-order valence-corrected chi connectivity index (χ1v) is 14.6. The lowest BCUT2D eigenvalue weighted by atomic mass is 10.0. The van der Waals surface area contributed by atoms with Gasteiger partial charge in [-0.2, -0.15) is 0 Å². The Morgan fingerprint density at radius 3 is 1.80 bits per heavy atom. The summed E-state index contributed by atoms with van der Waals surface area (Å²) in [6.45, 7) is 0.570. The van der Waals surface area contributed by atoms with Crippen LogP contribution in [0.5, 0.6) is 23.3 Å². The highest BCUT2D eigenvalue weighted by atomic mass is 19.1. The van der Waals surface area contributed by atoms with Crippen LogP contribution in [0.2, 0.25) is 0 Å². The van der Waals surface area contributed by atoms with Crippen LogP contribution in [-0.2, 0) is 13.1 Å². The second kappa shape index (κ2) is 11.7. The second-order valence-corrected chi connectivity index (χ2v) is 10.8.